The molecule has 6 rings (SSSR count). The summed E-state index contributed by atoms with van der Waals surface area (Å²) >= 11 is 0. The Balaban J connectivity index is 1.15. The number of fused-ring (bicyclic) bond motifs is 1. The summed E-state index contributed by atoms with van der Waals surface area (Å²) in [5.74, 6) is -3.20. The van der Waals surface area contributed by atoms with Crippen molar-refractivity contribution in [2.75, 3.05) is 11.9 Å². The van der Waals surface area contributed by atoms with E-state index in [1.165, 1.54) is 12.1 Å². The van der Waals surface area contributed by atoms with Gasteiger partial charge in [0.1, 0.15) is 5.82 Å². The number of rotatable bonds is 11. The van der Waals surface area contributed by atoms with E-state index in [9.17, 15) is 18.4 Å². The lowest BCUT2D eigenvalue weighted by Crippen LogP contribution is -2.35. The van der Waals surface area contributed by atoms with E-state index in [1.54, 1.807) is 66.7 Å². The maximum atomic E-state index is 13.7. The van der Waals surface area contributed by atoms with E-state index in [2.05, 4.69) is 33.1 Å². The van der Waals surface area contributed by atoms with Gasteiger partial charge in [0.25, 0.3) is 17.7 Å². The molecule has 6 nitrogen and oxygen atoms in total. The molecule has 240 valence electrons. The summed E-state index contributed by atoms with van der Waals surface area (Å²) in [5, 5.41) is 10.2. The van der Waals surface area contributed by atoms with E-state index >= 15 is 0 Å². The molecule has 48 heavy (non-hydrogen) atoms. The minimum absolute atomic E-state index is 0.0963. The lowest BCUT2D eigenvalue weighted by Gasteiger charge is -2.20. The van der Waals surface area contributed by atoms with Crippen molar-refractivity contribution in [2.45, 2.75) is 25.4 Å². The number of benzene rings is 5. The third-order valence-corrected chi connectivity index (χ3v) is 8.10. The van der Waals surface area contributed by atoms with Crippen LogP contribution in [0, 0.1) is 0 Å². The van der Waals surface area contributed by atoms with Gasteiger partial charge in [0.2, 0.25) is 0 Å². The van der Waals surface area contributed by atoms with Gasteiger partial charge in [-0.05, 0) is 58.7 Å². The van der Waals surface area contributed by atoms with Crippen LogP contribution in [0.15, 0.2) is 140 Å². The fourth-order valence-electron chi connectivity index (χ4n) is 5.53. The molecule has 3 N–H and O–H groups in total. The van der Waals surface area contributed by atoms with Gasteiger partial charge in [0.05, 0.1) is 11.6 Å². The summed E-state index contributed by atoms with van der Waals surface area (Å²) in [5.41, 5.74) is 4.80. The van der Waals surface area contributed by atoms with Crippen molar-refractivity contribution in [3.8, 4) is 11.1 Å². The first kappa shape index (κ1) is 32.2. The van der Waals surface area contributed by atoms with E-state index in [4.69, 9.17) is 0 Å². The molecule has 2 amide bonds. The summed E-state index contributed by atoms with van der Waals surface area (Å²) in [6.45, 7) is 2.08. The number of hydrogen-bond donors (Lipinski definition) is 3. The quantitative estimate of drug-likeness (QED) is 0.133. The number of carbonyl (C=O) groups is 2. The van der Waals surface area contributed by atoms with Crippen molar-refractivity contribution in [2.24, 2.45) is 0 Å². The van der Waals surface area contributed by atoms with Gasteiger partial charge in [-0.15, -0.1) is 0 Å². The number of aromatic nitrogens is 1. The van der Waals surface area contributed by atoms with Crippen LogP contribution in [0.1, 0.15) is 50.4 Å². The summed E-state index contributed by atoms with van der Waals surface area (Å²) in [6, 6.07) is 41.3. The lowest BCUT2D eigenvalue weighted by atomic mass is 9.97. The van der Waals surface area contributed by atoms with Crippen molar-refractivity contribution in [1.82, 2.24) is 15.6 Å². The first-order chi connectivity index (χ1) is 23.2. The van der Waals surface area contributed by atoms with E-state index in [0.29, 0.717) is 46.7 Å². The number of halogens is 2. The van der Waals surface area contributed by atoms with Gasteiger partial charge in [-0.25, -0.2) is 13.8 Å². The number of carbonyl (C=O) groups excluding carboxylic acids is 2. The predicted octanol–water partition coefficient (Wildman–Crippen LogP) is 8.53. The molecule has 0 saturated carbocycles. The molecule has 0 fully saturated rings. The topological polar surface area (TPSA) is 83.1 Å². The minimum Gasteiger partial charge on any atom is -0.344 e. The lowest BCUT2D eigenvalue weighted by molar-refractivity contribution is 0.0175. The molecule has 8 heteroatoms. The number of nitrogens with zero attached hydrogens (tertiary/aromatic N) is 1. The van der Waals surface area contributed by atoms with Crippen LogP contribution in [-0.2, 0) is 12.5 Å². The maximum absolute atomic E-state index is 13.7. The molecule has 0 bridgehead atoms. The third-order valence-electron chi connectivity index (χ3n) is 8.10. The molecule has 1 heterocycles. The van der Waals surface area contributed by atoms with Crippen molar-refractivity contribution in [3.63, 3.8) is 0 Å². The Labute approximate surface area is 277 Å². The number of pyridine rings is 1. The zero-order valence-electron chi connectivity index (χ0n) is 26.3. The summed E-state index contributed by atoms with van der Waals surface area (Å²) < 4.78 is 27.4. The number of alkyl halides is 2. The zero-order chi connectivity index (χ0) is 33.5. The number of anilines is 1. The average Bonchev–Trinajstić information content (AvgIpc) is 3.11. The molecule has 1 unspecified atom stereocenters. The highest BCUT2D eigenvalue weighted by Gasteiger charge is 2.24. The highest BCUT2D eigenvalue weighted by Crippen LogP contribution is 2.31. The van der Waals surface area contributed by atoms with Gasteiger partial charge in [0.15, 0.2) is 0 Å². The van der Waals surface area contributed by atoms with Crippen LogP contribution in [0.5, 0.6) is 0 Å². The van der Waals surface area contributed by atoms with Crippen LogP contribution in [0.2, 0.25) is 0 Å². The second-order valence-electron chi connectivity index (χ2n) is 11.6. The van der Waals surface area contributed by atoms with E-state index in [1.807, 2.05) is 48.5 Å². The Bertz CT molecular complexity index is 2030. The third kappa shape index (κ3) is 7.79. The molecule has 0 aliphatic rings. The Morgan fingerprint density at radius 3 is 2.17 bits per heavy atom. The van der Waals surface area contributed by atoms with E-state index in [-0.39, 0.29) is 23.4 Å². The monoisotopic (exact) mass is 640 g/mol. The summed E-state index contributed by atoms with van der Waals surface area (Å²) in [6.07, 6.45) is 0. The van der Waals surface area contributed by atoms with Crippen LogP contribution in [0.25, 0.3) is 22.0 Å². The maximum Gasteiger partial charge on any atom is 0.270 e. The molecule has 1 atom stereocenters. The van der Waals surface area contributed by atoms with Crippen molar-refractivity contribution < 1.29 is 18.4 Å². The molecule has 5 aromatic carbocycles. The van der Waals surface area contributed by atoms with Crippen LogP contribution in [0.4, 0.5) is 14.6 Å². The van der Waals surface area contributed by atoms with Crippen LogP contribution < -0.4 is 16.0 Å². The fourth-order valence-corrected chi connectivity index (χ4v) is 5.53. The molecular formula is C40H34F2N4O2. The zero-order valence-corrected chi connectivity index (χ0v) is 26.3. The van der Waals surface area contributed by atoms with Crippen molar-refractivity contribution in [3.05, 3.63) is 167 Å². The Morgan fingerprint density at radius 2 is 1.44 bits per heavy atom. The number of hydrogen-bond acceptors (Lipinski definition) is 4. The molecule has 6 aromatic rings. The SMILES string of the molecule is CC(F)(F)c1ccc(-c2ccccc2C(=O)Nc2ccc3cc(C(=O)NC(CNCc4ccccc4)c4ccccc4)ccc3n2)cc1. The predicted molar refractivity (Wildman–Crippen MR) is 186 cm³/mol. The summed E-state index contributed by atoms with van der Waals surface area (Å²) in [4.78, 5) is 31.4. The smallest absolute Gasteiger partial charge is 0.270 e. The van der Waals surface area contributed by atoms with E-state index < -0.39 is 5.92 Å². The fraction of sp³-hybridized carbons (Fsp3) is 0.125. The van der Waals surface area contributed by atoms with Gasteiger partial charge in [0, 0.05) is 42.1 Å². The van der Waals surface area contributed by atoms with Crippen LogP contribution in [0.3, 0.4) is 0 Å². The standard InChI is InChI=1S/C40H34F2N4O2/c1-40(41,42)32-20-16-28(17-21-32)33-14-8-9-15-34(33)39(48)46-37-23-19-30-24-31(18-22-35(30)44-37)38(47)45-36(29-12-6-3-7-13-29)26-43-25-27-10-4-2-5-11-27/h2-24,36,43H,25-26H2,1H3,(H,45,47)(H,44,46,48). The largest absolute Gasteiger partial charge is 0.344 e. The first-order valence-corrected chi connectivity index (χ1v) is 15.6. The van der Waals surface area contributed by atoms with E-state index in [0.717, 1.165) is 23.4 Å². The average molecular weight is 641 g/mol. The summed E-state index contributed by atoms with van der Waals surface area (Å²) in [7, 11) is 0. The molecular weight excluding hydrogens is 606 g/mol. The van der Waals surface area contributed by atoms with Gasteiger partial charge in [-0.2, -0.15) is 0 Å². The van der Waals surface area contributed by atoms with Gasteiger partial charge < -0.3 is 16.0 Å². The molecule has 0 radical (unpaired) electrons. The molecule has 0 aliphatic carbocycles. The second kappa shape index (κ2) is 14.4. The highest BCUT2D eigenvalue weighted by atomic mass is 19.3. The normalized spacial score (nSPS) is 12.0. The highest BCUT2D eigenvalue weighted by molar-refractivity contribution is 6.08. The van der Waals surface area contributed by atoms with Crippen molar-refractivity contribution in [1.29, 1.82) is 0 Å². The molecule has 1 aromatic heterocycles. The molecule has 0 spiro atoms. The van der Waals surface area contributed by atoms with Gasteiger partial charge in [-0.3, -0.25) is 9.59 Å². The van der Waals surface area contributed by atoms with Gasteiger partial charge >= 0.3 is 0 Å². The second-order valence-corrected chi connectivity index (χ2v) is 11.6. The molecule has 0 saturated heterocycles. The minimum atomic E-state index is -2.95. The Kier molecular flexibility index (Phi) is 9.64. The van der Waals surface area contributed by atoms with Crippen LogP contribution in [-0.4, -0.2) is 23.3 Å². The Hall–Kier alpha value is -5.73. The number of amides is 2. The van der Waals surface area contributed by atoms with Gasteiger partial charge in [-0.1, -0.05) is 103 Å². The molecule has 0 aliphatic heterocycles. The first-order valence-electron chi connectivity index (χ1n) is 15.6. The Morgan fingerprint density at radius 1 is 0.750 bits per heavy atom. The number of nitrogens with one attached hydrogen (secondary N) is 3. The van der Waals surface area contributed by atoms with Crippen LogP contribution >= 0.6 is 0 Å². The van der Waals surface area contributed by atoms with Crippen molar-refractivity contribution >= 4 is 28.5 Å².